The van der Waals surface area contributed by atoms with Crippen LogP contribution in [0.5, 0.6) is 0 Å². The minimum absolute atomic E-state index is 0.0897. The normalized spacial score (nSPS) is 16.8. The minimum Gasteiger partial charge on any atom is -0.491 e. The third-order valence-electron chi connectivity index (χ3n) is 6.18. The summed E-state index contributed by atoms with van der Waals surface area (Å²) in [7, 11) is 1.72. The standard InChI is InChI=1S/C25H30FIN4O2/c1-4-5-20-13-23(19-6-7-21(26)17(2)12-19)29-31(20)15-25(32)30-10-8-18(9-11-30)22-14-24(33-3)27-16-28-22/h6-7,12-14,16,18H,4-5,8-11,15H2,1-3H3. The zero-order chi connectivity index (χ0) is 23.4. The van der Waals surface area contributed by atoms with Crippen LogP contribution in [-0.4, -0.2) is 50.6 Å². The van der Waals surface area contributed by atoms with Crippen molar-refractivity contribution in [3.8, 4) is 11.3 Å². The van der Waals surface area contributed by atoms with E-state index in [1.165, 1.54) is 6.07 Å². The highest BCUT2D eigenvalue weighted by Gasteiger charge is 2.26. The number of benzene rings is 1. The summed E-state index contributed by atoms with van der Waals surface area (Å²) in [5, 5.41) is 4.72. The zero-order valence-electron chi connectivity index (χ0n) is 19.4. The number of aliphatic imine (C=N–C) groups is 1. The monoisotopic (exact) mass is 564 g/mol. The van der Waals surface area contributed by atoms with Gasteiger partial charge in [-0.2, -0.15) is 5.10 Å². The van der Waals surface area contributed by atoms with E-state index in [2.05, 4.69) is 18.0 Å². The number of carbonyl (C=O) groups excluding carboxylic acids is 1. The summed E-state index contributed by atoms with van der Waals surface area (Å²) in [6.45, 7) is 5.54. The smallest absolute Gasteiger partial charge is 0.244 e. The van der Waals surface area contributed by atoms with Crippen LogP contribution in [0.3, 0.4) is 0 Å². The molecule has 1 aromatic heterocycles. The van der Waals surface area contributed by atoms with Gasteiger partial charge in [-0.15, -0.1) is 0 Å². The van der Waals surface area contributed by atoms with Gasteiger partial charge in [-0.05, 0) is 76.7 Å². The topological polar surface area (TPSA) is 59.7 Å². The average Bonchev–Trinajstić information content (AvgIpc) is 3.23. The molecule has 0 spiro atoms. The van der Waals surface area contributed by atoms with Gasteiger partial charge in [-0.25, -0.2) is 4.39 Å². The number of piperidine rings is 1. The molecule has 2 aromatic rings. The summed E-state index contributed by atoms with van der Waals surface area (Å²) in [6.07, 6.45) is 5.71. The van der Waals surface area contributed by atoms with E-state index >= 15 is 0 Å². The Kier molecular flexibility index (Phi) is 7.72. The van der Waals surface area contributed by atoms with Crippen LogP contribution in [0, 0.1) is 18.7 Å². The maximum Gasteiger partial charge on any atom is 0.244 e. The second-order valence-corrected chi connectivity index (χ2v) is 10.7. The molecule has 0 atom stereocenters. The Morgan fingerprint density at radius 1 is 1.27 bits per heavy atom. The van der Waals surface area contributed by atoms with Crippen molar-refractivity contribution in [3.63, 3.8) is 0 Å². The van der Waals surface area contributed by atoms with E-state index in [9.17, 15) is 9.18 Å². The Balaban J connectivity index is 1.42. The molecule has 0 radical (unpaired) electrons. The number of nitrogens with zero attached hydrogens (tertiary/aromatic N) is 4. The lowest BCUT2D eigenvalue weighted by atomic mass is 9.91. The van der Waals surface area contributed by atoms with Gasteiger partial charge in [0.25, 0.3) is 0 Å². The summed E-state index contributed by atoms with van der Waals surface area (Å²) in [5.41, 5.74) is 4.36. The molecule has 0 unspecified atom stereocenters. The van der Waals surface area contributed by atoms with Crippen LogP contribution in [0.4, 0.5) is 4.39 Å². The summed E-state index contributed by atoms with van der Waals surface area (Å²) in [4.78, 5) is 19.6. The third kappa shape index (κ3) is 5.59. The molecular formula is C25H30FIN4O2. The fraction of sp³-hybridized carbons (Fsp3) is 0.440. The number of allylic oxidation sites excluding steroid dienone is 1. The highest BCUT2D eigenvalue weighted by Crippen LogP contribution is 2.26. The Hall–Kier alpha value is -2.36. The van der Waals surface area contributed by atoms with Crippen molar-refractivity contribution >= 4 is 36.5 Å². The Bertz CT molecular complexity index is 1110. The molecule has 3 heterocycles. The van der Waals surface area contributed by atoms with Crippen LogP contribution >= 0.6 is 20.7 Å². The van der Waals surface area contributed by atoms with Crippen LogP contribution in [0.15, 0.2) is 39.1 Å². The summed E-state index contributed by atoms with van der Waals surface area (Å²) >= 11 is -0.242. The van der Waals surface area contributed by atoms with E-state index in [0.29, 0.717) is 11.5 Å². The number of hydrogen-bond donors (Lipinski definition) is 0. The first-order valence-corrected chi connectivity index (χ1v) is 13.7. The highest BCUT2D eigenvalue weighted by molar-refractivity contribution is 14.2. The molecule has 0 bridgehead atoms. The Labute approximate surface area is 204 Å². The van der Waals surface area contributed by atoms with Gasteiger partial charge in [0.2, 0.25) is 5.91 Å². The number of carbonyl (C=O) groups is 1. The fourth-order valence-corrected chi connectivity index (χ4v) is 5.78. The van der Waals surface area contributed by atoms with Gasteiger partial charge < -0.3 is 9.64 Å². The quantitative estimate of drug-likeness (QED) is 0.452. The first-order chi connectivity index (χ1) is 16.0. The lowest BCUT2D eigenvalue weighted by Gasteiger charge is -2.32. The van der Waals surface area contributed by atoms with Crippen LogP contribution in [-0.2, 0) is 22.5 Å². The summed E-state index contributed by atoms with van der Waals surface area (Å²) < 4.78 is 24.0. The van der Waals surface area contributed by atoms with E-state index in [1.54, 1.807) is 26.2 Å². The molecule has 2 aliphatic heterocycles. The van der Waals surface area contributed by atoms with Gasteiger partial charge in [0, 0.05) is 42.1 Å². The molecule has 1 fully saturated rings. The number of methoxy groups -OCH3 is 1. The number of aromatic nitrogens is 2. The van der Waals surface area contributed by atoms with Crippen LogP contribution in [0.1, 0.15) is 37.4 Å². The molecular weight excluding hydrogens is 534 g/mol. The zero-order valence-corrected chi connectivity index (χ0v) is 21.5. The van der Waals surface area contributed by atoms with Crippen molar-refractivity contribution < 1.29 is 13.9 Å². The molecule has 0 aliphatic carbocycles. The lowest BCUT2D eigenvalue weighted by Crippen LogP contribution is -2.42. The first kappa shape index (κ1) is 23.8. The molecule has 0 saturated carbocycles. The molecule has 1 aromatic carbocycles. The van der Waals surface area contributed by atoms with E-state index in [4.69, 9.17) is 9.84 Å². The van der Waals surface area contributed by atoms with Crippen LogP contribution < -0.4 is 0 Å². The summed E-state index contributed by atoms with van der Waals surface area (Å²) in [6, 6.07) is 7.05. The first-order valence-electron chi connectivity index (χ1n) is 11.4. The second-order valence-electron chi connectivity index (χ2n) is 8.46. The highest BCUT2D eigenvalue weighted by atomic mass is 127. The average molecular weight is 564 g/mol. The Morgan fingerprint density at radius 2 is 2.06 bits per heavy atom. The lowest BCUT2D eigenvalue weighted by molar-refractivity contribution is -0.133. The van der Waals surface area contributed by atoms with E-state index in [-0.39, 0.29) is 39.0 Å². The van der Waals surface area contributed by atoms with Gasteiger partial charge in [-0.1, -0.05) is 13.3 Å². The van der Waals surface area contributed by atoms with Crippen LogP contribution in [0.2, 0.25) is 0 Å². The van der Waals surface area contributed by atoms with Crippen molar-refractivity contribution in [1.82, 2.24) is 14.7 Å². The van der Waals surface area contributed by atoms with Gasteiger partial charge in [-0.3, -0.25) is 14.5 Å². The predicted octanol–water partition coefficient (Wildman–Crippen LogP) is 4.86. The molecule has 8 heteroatoms. The van der Waals surface area contributed by atoms with Crippen molar-refractivity contribution in [3.05, 3.63) is 51.2 Å². The Morgan fingerprint density at radius 3 is 2.76 bits per heavy atom. The maximum atomic E-state index is 13.7. The van der Waals surface area contributed by atoms with Crippen molar-refractivity contribution in [2.45, 2.75) is 46.1 Å². The number of hydrogen-bond acceptors (Lipinski definition) is 4. The number of aryl methyl sites for hydroxylation is 2. The molecule has 6 nitrogen and oxygen atoms in total. The molecule has 2 aliphatic rings. The van der Waals surface area contributed by atoms with E-state index < -0.39 is 0 Å². The molecule has 1 amide bonds. The van der Waals surface area contributed by atoms with E-state index in [1.807, 2.05) is 19.8 Å². The number of halogens is 2. The molecule has 0 N–H and O–H groups in total. The van der Waals surface area contributed by atoms with E-state index in [0.717, 1.165) is 65.2 Å². The minimum atomic E-state index is -0.242. The number of amides is 1. The predicted molar refractivity (Wildman–Crippen MR) is 138 cm³/mol. The molecule has 176 valence electrons. The van der Waals surface area contributed by atoms with Crippen molar-refractivity contribution in [2.75, 3.05) is 20.2 Å². The van der Waals surface area contributed by atoms with Crippen LogP contribution in [0.25, 0.3) is 11.3 Å². The van der Waals surface area contributed by atoms with Gasteiger partial charge in [0.1, 0.15) is 12.4 Å². The molecule has 4 rings (SSSR count). The third-order valence-corrected chi connectivity index (χ3v) is 8.11. The molecule has 1 saturated heterocycles. The number of rotatable bonds is 7. The fourth-order valence-electron chi connectivity index (χ4n) is 4.29. The van der Waals surface area contributed by atoms with Crippen molar-refractivity contribution in [1.29, 1.82) is 0 Å². The van der Waals surface area contributed by atoms with Gasteiger partial charge in [0.05, 0.1) is 16.9 Å². The number of ether oxygens (including phenoxy) is 1. The largest absolute Gasteiger partial charge is 0.491 e. The summed E-state index contributed by atoms with van der Waals surface area (Å²) in [5.74, 6) is 0.235. The SMILES string of the molecule is CCCc1cc(-c2ccc(F)c(C)c2)nn1CC(=O)N1CCC(C2=NC=IC(OC)=C2)CC1. The van der Waals surface area contributed by atoms with Gasteiger partial charge >= 0.3 is 0 Å². The molecule has 33 heavy (non-hydrogen) atoms. The maximum absolute atomic E-state index is 13.7. The number of likely N-dealkylation sites (tertiary alicyclic amines) is 1. The van der Waals surface area contributed by atoms with Crippen molar-refractivity contribution in [2.24, 2.45) is 10.9 Å². The second kappa shape index (κ2) is 10.7. The van der Waals surface area contributed by atoms with Gasteiger partial charge in [0.15, 0.2) is 3.77 Å².